The van der Waals surface area contributed by atoms with Crippen molar-refractivity contribution in [2.75, 3.05) is 13.1 Å². The summed E-state index contributed by atoms with van der Waals surface area (Å²) in [6.45, 7) is 19.8. The molecule has 7 nitrogen and oxygen atoms in total. The van der Waals surface area contributed by atoms with Gasteiger partial charge in [0.2, 0.25) is 11.8 Å². The molecule has 0 bridgehead atoms. The molecular weight excluding hydrogens is 420 g/mol. The number of hydrogen-bond donors (Lipinski definition) is 1. The van der Waals surface area contributed by atoms with Crippen LogP contribution in [0.2, 0.25) is 0 Å². The van der Waals surface area contributed by atoms with Gasteiger partial charge in [-0.15, -0.1) is 26.3 Å². The fraction of sp³-hybridized carbons (Fsp3) is 0.538. The lowest BCUT2D eigenvalue weighted by Gasteiger charge is -2.16. The zero-order valence-electron chi connectivity index (χ0n) is 19.7. The van der Waals surface area contributed by atoms with Gasteiger partial charge in [0, 0.05) is 6.54 Å². The number of amides is 2. The first-order valence-corrected chi connectivity index (χ1v) is 11.6. The van der Waals surface area contributed by atoms with Crippen molar-refractivity contribution in [1.29, 1.82) is 0 Å². The lowest BCUT2D eigenvalue weighted by molar-refractivity contribution is -0.155. The summed E-state index contributed by atoms with van der Waals surface area (Å²) in [4.78, 5) is 48.3. The van der Waals surface area contributed by atoms with E-state index in [-0.39, 0.29) is 59.2 Å². The predicted molar refractivity (Wildman–Crippen MR) is 126 cm³/mol. The van der Waals surface area contributed by atoms with Gasteiger partial charge in [0.25, 0.3) is 0 Å². The van der Waals surface area contributed by atoms with Gasteiger partial charge in [-0.2, -0.15) is 0 Å². The molecule has 2 aliphatic heterocycles. The Hall–Kier alpha value is -2.80. The van der Waals surface area contributed by atoms with E-state index in [1.807, 2.05) is 26.0 Å². The van der Waals surface area contributed by atoms with Crippen LogP contribution >= 0.6 is 0 Å². The van der Waals surface area contributed by atoms with Crippen molar-refractivity contribution in [1.82, 2.24) is 4.90 Å². The SMILES string of the molecule is C=CC1CC(C=C)C2C(=O)N(CC)C(=O)C12.C=CC1CC(C=C)C2C(=O)OC(=O)C12.CCN. The van der Waals surface area contributed by atoms with E-state index in [9.17, 15) is 19.2 Å². The van der Waals surface area contributed by atoms with Crippen LogP contribution < -0.4 is 5.73 Å². The molecule has 33 heavy (non-hydrogen) atoms. The predicted octanol–water partition coefficient (Wildman–Crippen LogP) is 2.89. The van der Waals surface area contributed by atoms with Gasteiger partial charge in [-0.3, -0.25) is 24.1 Å². The summed E-state index contributed by atoms with van der Waals surface area (Å²) in [5.41, 5.74) is 4.85. The van der Waals surface area contributed by atoms with Gasteiger partial charge in [0.05, 0.1) is 23.7 Å². The fourth-order valence-electron chi connectivity index (χ4n) is 5.58. The normalized spacial score (nSPS) is 36.0. The van der Waals surface area contributed by atoms with E-state index in [1.165, 1.54) is 4.90 Å². The number of fused-ring (bicyclic) bond motifs is 2. The summed E-state index contributed by atoms with van der Waals surface area (Å²) in [6.07, 6.45) is 8.71. The number of ether oxygens (including phenoxy) is 1. The standard InChI is InChI=1S/C13H17NO2.C11H12O3.C2H7N/c1-4-8-7-9(5-2)11-10(8)12(15)14(6-3)13(11)16;1-3-6-5-7(4-2)9-8(6)10(12)14-11(9)13;1-2-3/h4-5,8-11H,1-2,6-7H2,3H3;3-4,6-9H,1-2,5H2;2-3H2,1H3. The lowest BCUT2D eigenvalue weighted by atomic mass is 9.89. The molecule has 4 fully saturated rings. The van der Waals surface area contributed by atoms with Crippen LogP contribution in [0.25, 0.3) is 0 Å². The van der Waals surface area contributed by atoms with Crippen LogP contribution in [0.5, 0.6) is 0 Å². The fourth-order valence-corrected chi connectivity index (χ4v) is 5.58. The van der Waals surface area contributed by atoms with Crippen LogP contribution in [0.15, 0.2) is 50.6 Å². The Morgan fingerprint density at radius 3 is 1.33 bits per heavy atom. The molecule has 2 heterocycles. The van der Waals surface area contributed by atoms with Crippen molar-refractivity contribution in [3.8, 4) is 0 Å². The minimum atomic E-state index is -0.394. The highest BCUT2D eigenvalue weighted by Gasteiger charge is 2.57. The van der Waals surface area contributed by atoms with Crippen molar-refractivity contribution in [3.05, 3.63) is 50.6 Å². The van der Waals surface area contributed by atoms with Crippen molar-refractivity contribution < 1.29 is 23.9 Å². The average molecular weight is 457 g/mol. The zero-order valence-corrected chi connectivity index (χ0v) is 19.7. The van der Waals surface area contributed by atoms with Gasteiger partial charge in [0.1, 0.15) is 0 Å². The third kappa shape index (κ3) is 4.78. The summed E-state index contributed by atoms with van der Waals surface area (Å²) < 4.78 is 4.62. The van der Waals surface area contributed by atoms with Gasteiger partial charge >= 0.3 is 11.9 Å². The van der Waals surface area contributed by atoms with E-state index in [2.05, 4.69) is 31.1 Å². The summed E-state index contributed by atoms with van der Waals surface area (Å²) in [5.74, 6) is -1.47. The molecule has 0 radical (unpaired) electrons. The first-order valence-electron chi connectivity index (χ1n) is 11.6. The molecule has 4 rings (SSSR count). The molecule has 2 aliphatic carbocycles. The van der Waals surface area contributed by atoms with Gasteiger partial charge in [-0.1, -0.05) is 31.2 Å². The number of nitrogens with zero attached hydrogens (tertiary/aromatic N) is 1. The van der Waals surface area contributed by atoms with E-state index in [1.54, 1.807) is 12.2 Å². The third-order valence-corrected chi connectivity index (χ3v) is 7.08. The van der Waals surface area contributed by atoms with Crippen molar-refractivity contribution in [2.24, 2.45) is 53.1 Å². The molecule has 2 N–H and O–H groups in total. The highest BCUT2D eigenvalue weighted by atomic mass is 16.6. The smallest absolute Gasteiger partial charge is 0.318 e. The molecule has 2 saturated carbocycles. The molecule has 0 aromatic rings. The van der Waals surface area contributed by atoms with Crippen LogP contribution in [0, 0.1) is 47.3 Å². The molecule has 0 aromatic carbocycles. The van der Waals surface area contributed by atoms with E-state index in [4.69, 9.17) is 5.73 Å². The topological polar surface area (TPSA) is 107 Å². The third-order valence-electron chi connectivity index (χ3n) is 7.08. The Kier molecular flexibility index (Phi) is 9.11. The maximum atomic E-state index is 12.1. The molecule has 2 amide bonds. The highest BCUT2D eigenvalue weighted by Crippen LogP contribution is 2.48. The Labute approximate surface area is 196 Å². The van der Waals surface area contributed by atoms with E-state index in [0.29, 0.717) is 6.54 Å². The molecule has 8 atom stereocenters. The van der Waals surface area contributed by atoms with E-state index >= 15 is 0 Å². The van der Waals surface area contributed by atoms with Crippen LogP contribution in [-0.4, -0.2) is 41.7 Å². The second kappa shape index (κ2) is 11.4. The van der Waals surface area contributed by atoms with Gasteiger partial charge in [-0.25, -0.2) is 0 Å². The number of allylic oxidation sites excluding steroid dienone is 4. The number of rotatable bonds is 5. The maximum absolute atomic E-state index is 12.1. The van der Waals surface area contributed by atoms with Crippen LogP contribution in [0.1, 0.15) is 26.7 Å². The second-order valence-corrected chi connectivity index (χ2v) is 8.74. The Bertz CT molecular complexity index is 773. The molecular formula is C26H36N2O5. The Morgan fingerprint density at radius 2 is 1.06 bits per heavy atom. The summed E-state index contributed by atoms with van der Waals surface area (Å²) in [5, 5.41) is 0. The minimum Gasteiger partial charge on any atom is -0.393 e. The number of carbonyl (C=O) groups is 4. The minimum absolute atomic E-state index is 0.0215. The van der Waals surface area contributed by atoms with E-state index < -0.39 is 11.9 Å². The van der Waals surface area contributed by atoms with Gasteiger partial charge in [0.15, 0.2) is 0 Å². The van der Waals surface area contributed by atoms with Crippen LogP contribution in [0.3, 0.4) is 0 Å². The monoisotopic (exact) mass is 456 g/mol. The van der Waals surface area contributed by atoms with Crippen LogP contribution in [0.4, 0.5) is 0 Å². The second-order valence-electron chi connectivity index (χ2n) is 8.74. The molecule has 180 valence electrons. The van der Waals surface area contributed by atoms with Crippen LogP contribution in [-0.2, 0) is 23.9 Å². The number of imide groups is 1. The molecule has 0 spiro atoms. The molecule has 2 saturated heterocycles. The summed E-state index contributed by atoms with van der Waals surface area (Å²) in [7, 11) is 0. The Balaban J connectivity index is 0.000000210. The van der Waals surface area contributed by atoms with Crippen molar-refractivity contribution in [2.45, 2.75) is 26.7 Å². The van der Waals surface area contributed by atoms with Crippen molar-refractivity contribution >= 4 is 23.8 Å². The summed E-state index contributed by atoms with van der Waals surface area (Å²) >= 11 is 0. The molecule has 7 heteroatoms. The molecule has 0 aromatic heterocycles. The number of nitrogens with two attached hydrogens (primary N) is 1. The number of cyclic esters (lactones) is 2. The average Bonchev–Trinajstić information content (AvgIpc) is 3.51. The highest BCUT2D eigenvalue weighted by molar-refractivity contribution is 6.06. The quantitative estimate of drug-likeness (QED) is 0.295. The first kappa shape index (κ1) is 26.5. The number of carbonyl (C=O) groups excluding carboxylic acids is 4. The molecule has 4 aliphatic rings. The zero-order chi connectivity index (χ0) is 24.9. The maximum Gasteiger partial charge on any atom is 0.318 e. The van der Waals surface area contributed by atoms with E-state index in [0.717, 1.165) is 19.4 Å². The van der Waals surface area contributed by atoms with Gasteiger partial charge in [-0.05, 0) is 50.0 Å². The number of esters is 2. The largest absolute Gasteiger partial charge is 0.393 e. The summed E-state index contributed by atoms with van der Waals surface area (Å²) in [6, 6.07) is 0. The molecule has 8 unspecified atom stereocenters. The number of likely N-dealkylation sites (tertiary alicyclic amines) is 1. The lowest BCUT2D eigenvalue weighted by Crippen LogP contribution is -2.33. The van der Waals surface area contributed by atoms with Crippen molar-refractivity contribution in [3.63, 3.8) is 0 Å². The Morgan fingerprint density at radius 1 is 0.758 bits per heavy atom. The van der Waals surface area contributed by atoms with Gasteiger partial charge < -0.3 is 10.5 Å². The first-order chi connectivity index (χ1) is 15.7. The number of hydrogen-bond acceptors (Lipinski definition) is 6.